The van der Waals surface area contributed by atoms with Crippen molar-refractivity contribution < 1.29 is 4.79 Å². The molecule has 5 rings (SSSR count). The highest BCUT2D eigenvalue weighted by atomic mass is 16.1. The molecule has 0 N–H and O–H groups in total. The molecule has 0 amide bonds. The third kappa shape index (κ3) is 2.89. The number of rotatable bonds is 2. The Bertz CT molecular complexity index is 1210. The first-order valence-corrected chi connectivity index (χ1v) is 9.50. The van der Waals surface area contributed by atoms with E-state index in [9.17, 15) is 4.79 Å². The molecular weight excluding hydrogens is 348 g/mol. The summed E-state index contributed by atoms with van der Waals surface area (Å²) in [6.07, 6.45) is 3.04. The van der Waals surface area contributed by atoms with E-state index in [2.05, 4.69) is 35.2 Å². The first kappa shape index (κ1) is 16.8. The molecule has 2 heterocycles. The number of aromatic nitrogens is 4. The Hall–Kier alpha value is -3.34. The number of carbonyl (C=O) groups excluding carboxylic acids is 1. The number of nitrogens with zero attached hydrogens (tertiary/aromatic N) is 4. The van der Waals surface area contributed by atoms with Crippen LogP contribution in [0.2, 0.25) is 0 Å². The molecule has 2 aromatic heterocycles. The van der Waals surface area contributed by atoms with Gasteiger partial charge in [-0.25, -0.2) is 9.50 Å². The van der Waals surface area contributed by atoms with Gasteiger partial charge in [0.25, 0.3) is 5.78 Å². The molecule has 2 aromatic carbocycles. The molecule has 5 heteroatoms. The summed E-state index contributed by atoms with van der Waals surface area (Å²) in [7, 11) is 0. The smallest absolute Gasteiger partial charge is 0.252 e. The summed E-state index contributed by atoms with van der Waals surface area (Å²) in [5, 5.41) is 4.53. The Morgan fingerprint density at radius 2 is 1.79 bits per heavy atom. The van der Waals surface area contributed by atoms with Crippen LogP contribution >= 0.6 is 0 Å². The summed E-state index contributed by atoms with van der Waals surface area (Å²) in [6.45, 7) is 4.12. The van der Waals surface area contributed by atoms with Gasteiger partial charge in [-0.1, -0.05) is 59.7 Å². The molecule has 1 aliphatic rings. The highest BCUT2D eigenvalue weighted by molar-refractivity contribution is 5.98. The average molecular weight is 368 g/mol. The first-order chi connectivity index (χ1) is 13.6. The van der Waals surface area contributed by atoms with Crippen LogP contribution in [0.5, 0.6) is 0 Å². The number of fused-ring (bicyclic) bond motifs is 2. The predicted molar refractivity (Wildman–Crippen MR) is 108 cm³/mol. The summed E-state index contributed by atoms with van der Waals surface area (Å²) in [5.41, 5.74) is 6.02. The monoisotopic (exact) mass is 368 g/mol. The molecule has 4 aromatic rings. The van der Waals surface area contributed by atoms with Gasteiger partial charge in [-0.15, -0.1) is 5.10 Å². The Morgan fingerprint density at radius 1 is 0.964 bits per heavy atom. The van der Waals surface area contributed by atoms with Gasteiger partial charge in [0.1, 0.15) is 0 Å². The molecule has 1 unspecified atom stereocenters. The van der Waals surface area contributed by atoms with Gasteiger partial charge < -0.3 is 0 Å². The number of hydrogen-bond donors (Lipinski definition) is 0. The van der Waals surface area contributed by atoms with E-state index in [-0.39, 0.29) is 11.7 Å². The first-order valence-electron chi connectivity index (χ1n) is 9.50. The van der Waals surface area contributed by atoms with Crippen LogP contribution in [0.3, 0.4) is 0 Å². The number of hydrogen-bond acceptors (Lipinski definition) is 4. The van der Waals surface area contributed by atoms with Crippen LogP contribution in [0.25, 0.3) is 17.2 Å². The normalized spacial score (nSPS) is 16.4. The van der Waals surface area contributed by atoms with Crippen molar-refractivity contribution in [1.29, 1.82) is 0 Å². The van der Waals surface area contributed by atoms with Crippen molar-refractivity contribution >= 4 is 11.6 Å². The minimum absolute atomic E-state index is 0.120. The van der Waals surface area contributed by atoms with Gasteiger partial charge in [0.15, 0.2) is 11.6 Å². The standard InChI is InChI=1S/C23H20N4O/c1-14-6-8-16(9-7-14)22-25-23-24-20-11-18(17-5-3-4-15(2)10-17)12-21(28)19(20)13-27(23)26-22/h3-10,13,18H,11-12H2,1-2H3. The van der Waals surface area contributed by atoms with Gasteiger partial charge in [0, 0.05) is 18.2 Å². The van der Waals surface area contributed by atoms with Crippen molar-refractivity contribution in [2.24, 2.45) is 0 Å². The average Bonchev–Trinajstić information content (AvgIpc) is 3.10. The maximum absolute atomic E-state index is 12.8. The van der Waals surface area contributed by atoms with E-state index in [4.69, 9.17) is 4.98 Å². The van der Waals surface area contributed by atoms with Crippen LogP contribution in [-0.4, -0.2) is 25.4 Å². The van der Waals surface area contributed by atoms with Gasteiger partial charge in [-0.2, -0.15) is 4.98 Å². The molecule has 5 nitrogen and oxygen atoms in total. The van der Waals surface area contributed by atoms with Crippen LogP contribution in [-0.2, 0) is 6.42 Å². The van der Waals surface area contributed by atoms with Crippen molar-refractivity contribution in [2.75, 3.05) is 0 Å². The number of carbonyl (C=O) groups is 1. The van der Waals surface area contributed by atoms with E-state index >= 15 is 0 Å². The summed E-state index contributed by atoms with van der Waals surface area (Å²) in [6, 6.07) is 16.5. The van der Waals surface area contributed by atoms with E-state index in [1.54, 1.807) is 10.7 Å². The third-order valence-electron chi connectivity index (χ3n) is 5.41. The molecule has 0 radical (unpaired) electrons. The molecule has 0 bridgehead atoms. The lowest BCUT2D eigenvalue weighted by atomic mass is 9.82. The Kier molecular flexibility index (Phi) is 3.83. The minimum atomic E-state index is 0.120. The molecular formula is C23H20N4O. The molecule has 0 saturated heterocycles. The summed E-state index contributed by atoms with van der Waals surface area (Å²) in [5.74, 6) is 1.44. The lowest BCUT2D eigenvalue weighted by Gasteiger charge is -2.23. The molecule has 1 atom stereocenters. The molecule has 0 saturated carbocycles. The van der Waals surface area contributed by atoms with Crippen molar-refractivity contribution in [2.45, 2.75) is 32.6 Å². The lowest BCUT2D eigenvalue weighted by Crippen LogP contribution is -2.21. The highest BCUT2D eigenvalue weighted by Gasteiger charge is 2.28. The van der Waals surface area contributed by atoms with Crippen LogP contribution in [0.15, 0.2) is 54.7 Å². The maximum Gasteiger partial charge on any atom is 0.252 e. The molecule has 138 valence electrons. The molecule has 28 heavy (non-hydrogen) atoms. The Balaban J connectivity index is 1.55. The second kappa shape index (κ2) is 6.37. The molecule has 0 spiro atoms. The molecule has 1 aliphatic carbocycles. The highest BCUT2D eigenvalue weighted by Crippen LogP contribution is 2.32. The number of aryl methyl sites for hydroxylation is 2. The van der Waals surface area contributed by atoms with E-state index in [0.717, 1.165) is 17.7 Å². The number of ketones is 1. The van der Waals surface area contributed by atoms with Gasteiger partial charge in [0.05, 0.1) is 11.3 Å². The Morgan fingerprint density at radius 3 is 2.57 bits per heavy atom. The van der Waals surface area contributed by atoms with Crippen molar-refractivity contribution in [3.05, 3.63) is 82.7 Å². The second-order valence-corrected chi connectivity index (χ2v) is 7.59. The SMILES string of the molecule is Cc1ccc(-c2nc3nc4c(cn3n2)C(=O)CC(c2cccc(C)c2)C4)cc1. The number of Topliss-reactive ketones (excluding diaryl/α,β-unsaturated/α-hetero) is 1. The van der Waals surface area contributed by atoms with Gasteiger partial charge >= 0.3 is 0 Å². The van der Waals surface area contributed by atoms with Gasteiger partial charge in [0.2, 0.25) is 0 Å². The third-order valence-corrected chi connectivity index (χ3v) is 5.41. The molecule has 0 aliphatic heterocycles. The van der Waals surface area contributed by atoms with Crippen molar-refractivity contribution in [1.82, 2.24) is 19.6 Å². The fourth-order valence-electron chi connectivity index (χ4n) is 3.87. The predicted octanol–water partition coefficient (Wildman–Crippen LogP) is 4.32. The van der Waals surface area contributed by atoms with Crippen LogP contribution in [0.4, 0.5) is 0 Å². The fourth-order valence-corrected chi connectivity index (χ4v) is 3.87. The topological polar surface area (TPSA) is 60.1 Å². The van der Waals surface area contributed by atoms with E-state index in [1.807, 2.05) is 37.3 Å². The summed E-state index contributed by atoms with van der Waals surface area (Å²) < 4.78 is 1.62. The lowest BCUT2D eigenvalue weighted by molar-refractivity contribution is 0.0962. The summed E-state index contributed by atoms with van der Waals surface area (Å²) in [4.78, 5) is 22.1. The Labute approximate surface area is 163 Å². The van der Waals surface area contributed by atoms with Gasteiger partial charge in [-0.3, -0.25) is 4.79 Å². The van der Waals surface area contributed by atoms with E-state index < -0.39 is 0 Å². The van der Waals surface area contributed by atoms with E-state index in [1.165, 1.54) is 16.7 Å². The zero-order valence-corrected chi connectivity index (χ0v) is 15.9. The molecule has 0 fully saturated rings. The quantitative estimate of drug-likeness (QED) is 0.529. The van der Waals surface area contributed by atoms with Gasteiger partial charge in [-0.05, 0) is 31.7 Å². The zero-order chi connectivity index (χ0) is 19.3. The number of benzene rings is 2. The van der Waals surface area contributed by atoms with Crippen LogP contribution in [0, 0.1) is 13.8 Å². The van der Waals surface area contributed by atoms with Crippen molar-refractivity contribution in [3.8, 4) is 11.4 Å². The minimum Gasteiger partial charge on any atom is -0.294 e. The van der Waals surface area contributed by atoms with Crippen LogP contribution in [0.1, 0.15) is 45.1 Å². The zero-order valence-electron chi connectivity index (χ0n) is 15.9. The van der Waals surface area contributed by atoms with Crippen LogP contribution < -0.4 is 0 Å². The maximum atomic E-state index is 12.8. The largest absolute Gasteiger partial charge is 0.294 e. The summed E-state index contributed by atoms with van der Waals surface area (Å²) >= 11 is 0. The van der Waals surface area contributed by atoms with E-state index in [0.29, 0.717) is 23.6 Å². The second-order valence-electron chi connectivity index (χ2n) is 7.59. The fraction of sp³-hybridized carbons (Fsp3) is 0.217. The van der Waals surface area contributed by atoms with Crippen molar-refractivity contribution in [3.63, 3.8) is 0 Å².